The summed E-state index contributed by atoms with van der Waals surface area (Å²) in [5.74, 6) is -1.92. The first kappa shape index (κ1) is 19.0. The first-order valence-corrected chi connectivity index (χ1v) is 8.48. The van der Waals surface area contributed by atoms with E-state index in [2.05, 4.69) is 5.32 Å². The lowest BCUT2D eigenvalue weighted by Crippen LogP contribution is -2.41. The van der Waals surface area contributed by atoms with E-state index in [-0.39, 0.29) is 12.5 Å². The Morgan fingerprint density at radius 2 is 1.80 bits per heavy atom. The Kier molecular flexibility index (Phi) is 6.21. The van der Waals surface area contributed by atoms with Crippen molar-refractivity contribution < 1.29 is 14.7 Å². The van der Waals surface area contributed by atoms with Gasteiger partial charge in [-0.15, -0.1) is 0 Å². The molecule has 0 bridgehead atoms. The summed E-state index contributed by atoms with van der Waals surface area (Å²) in [5.41, 5.74) is 0.957. The first-order valence-electron chi connectivity index (χ1n) is 8.10. The molecule has 0 radical (unpaired) electrons. The van der Waals surface area contributed by atoms with E-state index >= 15 is 0 Å². The summed E-state index contributed by atoms with van der Waals surface area (Å²) in [7, 11) is 0. The topological polar surface area (TPSA) is 66.4 Å². The van der Waals surface area contributed by atoms with Gasteiger partial charge in [-0.1, -0.05) is 67.9 Å². The van der Waals surface area contributed by atoms with Gasteiger partial charge >= 0.3 is 5.97 Å². The molecule has 4 nitrogen and oxygen atoms in total. The van der Waals surface area contributed by atoms with Crippen molar-refractivity contribution in [2.24, 2.45) is 5.41 Å². The summed E-state index contributed by atoms with van der Waals surface area (Å²) in [5, 5.41) is 12.9. The highest BCUT2D eigenvalue weighted by Crippen LogP contribution is 2.24. The van der Waals surface area contributed by atoms with Crippen LogP contribution in [-0.4, -0.2) is 23.5 Å². The Hall–Kier alpha value is -2.33. The maximum atomic E-state index is 12.6. The van der Waals surface area contributed by atoms with Crippen LogP contribution < -0.4 is 5.32 Å². The molecule has 2 N–H and O–H groups in total. The highest BCUT2D eigenvalue weighted by atomic mass is 35.5. The van der Waals surface area contributed by atoms with E-state index < -0.39 is 17.3 Å². The Labute approximate surface area is 152 Å². The standard InChI is InChI=1S/C20H22ClNO3/c1-20(2,12-14-7-6-10-16(21)11-14)19(25)22-13-17(18(23)24)15-8-4-3-5-9-15/h3-11,17H,12-13H2,1-2H3,(H,22,25)(H,23,24). The van der Waals surface area contributed by atoms with Gasteiger partial charge in [-0.2, -0.15) is 0 Å². The molecule has 2 aromatic carbocycles. The number of carboxylic acid groups (broad SMARTS) is 1. The van der Waals surface area contributed by atoms with Crippen LogP contribution in [0.5, 0.6) is 0 Å². The van der Waals surface area contributed by atoms with E-state index in [0.29, 0.717) is 17.0 Å². The van der Waals surface area contributed by atoms with Crippen LogP contribution in [0.25, 0.3) is 0 Å². The zero-order valence-corrected chi connectivity index (χ0v) is 15.1. The molecule has 1 atom stereocenters. The fraction of sp³-hybridized carbons (Fsp3) is 0.300. The smallest absolute Gasteiger partial charge is 0.312 e. The van der Waals surface area contributed by atoms with Crippen molar-refractivity contribution in [2.75, 3.05) is 6.54 Å². The van der Waals surface area contributed by atoms with Gasteiger partial charge in [0.2, 0.25) is 5.91 Å². The van der Waals surface area contributed by atoms with Gasteiger partial charge in [0.15, 0.2) is 0 Å². The molecule has 0 spiro atoms. The van der Waals surface area contributed by atoms with Crippen molar-refractivity contribution in [1.29, 1.82) is 0 Å². The van der Waals surface area contributed by atoms with Crippen molar-refractivity contribution in [2.45, 2.75) is 26.2 Å². The van der Waals surface area contributed by atoms with Crippen LogP contribution in [0.15, 0.2) is 54.6 Å². The van der Waals surface area contributed by atoms with Crippen LogP contribution in [0.1, 0.15) is 30.9 Å². The number of carbonyl (C=O) groups is 2. The second-order valence-corrected chi connectivity index (χ2v) is 7.14. The van der Waals surface area contributed by atoms with Crippen LogP contribution >= 0.6 is 11.6 Å². The Morgan fingerprint density at radius 1 is 1.12 bits per heavy atom. The Balaban J connectivity index is 2.03. The van der Waals surface area contributed by atoms with Gasteiger partial charge in [0.05, 0.1) is 5.92 Å². The van der Waals surface area contributed by atoms with Gasteiger partial charge in [0.1, 0.15) is 0 Å². The molecule has 1 amide bonds. The molecule has 0 fully saturated rings. The summed E-state index contributed by atoms with van der Waals surface area (Å²) in [4.78, 5) is 24.1. The molecule has 0 saturated heterocycles. The zero-order chi connectivity index (χ0) is 18.4. The van der Waals surface area contributed by atoms with Crippen LogP contribution in [-0.2, 0) is 16.0 Å². The highest BCUT2D eigenvalue weighted by Gasteiger charge is 2.29. The zero-order valence-electron chi connectivity index (χ0n) is 14.3. The molecule has 2 aromatic rings. The third kappa shape index (κ3) is 5.33. The number of hydrogen-bond acceptors (Lipinski definition) is 2. The van der Waals surface area contributed by atoms with Crippen LogP contribution in [0, 0.1) is 5.41 Å². The van der Waals surface area contributed by atoms with E-state index in [9.17, 15) is 14.7 Å². The van der Waals surface area contributed by atoms with Gasteiger partial charge in [0, 0.05) is 17.0 Å². The Bertz CT molecular complexity index is 744. The van der Waals surface area contributed by atoms with E-state index in [1.54, 1.807) is 30.3 Å². The van der Waals surface area contributed by atoms with Crippen molar-refractivity contribution in [3.8, 4) is 0 Å². The number of carboxylic acids is 1. The van der Waals surface area contributed by atoms with Gasteiger partial charge in [-0.3, -0.25) is 9.59 Å². The fourth-order valence-electron chi connectivity index (χ4n) is 2.70. The molecule has 25 heavy (non-hydrogen) atoms. The summed E-state index contributed by atoms with van der Waals surface area (Å²) >= 11 is 5.99. The predicted molar refractivity (Wildman–Crippen MR) is 98.8 cm³/mol. The number of halogens is 1. The largest absolute Gasteiger partial charge is 0.481 e. The monoisotopic (exact) mass is 359 g/mol. The maximum Gasteiger partial charge on any atom is 0.312 e. The minimum atomic E-state index is -0.959. The van der Waals surface area contributed by atoms with Gasteiger partial charge < -0.3 is 10.4 Å². The first-order chi connectivity index (χ1) is 11.8. The van der Waals surface area contributed by atoms with Crippen LogP contribution in [0.3, 0.4) is 0 Å². The number of carbonyl (C=O) groups excluding carboxylic acids is 1. The van der Waals surface area contributed by atoms with Crippen molar-refractivity contribution in [3.63, 3.8) is 0 Å². The second kappa shape index (κ2) is 8.17. The molecule has 1 unspecified atom stereocenters. The van der Waals surface area contributed by atoms with E-state index in [0.717, 1.165) is 5.56 Å². The number of aliphatic carboxylic acids is 1. The second-order valence-electron chi connectivity index (χ2n) is 6.70. The molecule has 0 aliphatic heterocycles. The summed E-state index contributed by atoms with van der Waals surface area (Å²) in [6, 6.07) is 16.3. The minimum absolute atomic E-state index is 0.0527. The fourth-order valence-corrected chi connectivity index (χ4v) is 2.92. The summed E-state index contributed by atoms with van der Waals surface area (Å²) in [6.07, 6.45) is 0.516. The average Bonchev–Trinajstić information content (AvgIpc) is 2.55. The summed E-state index contributed by atoms with van der Waals surface area (Å²) in [6.45, 7) is 3.72. The van der Waals surface area contributed by atoms with Crippen molar-refractivity contribution in [1.82, 2.24) is 5.32 Å². The maximum absolute atomic E-state index is 12.6. The van der Waals surface area contributed by atoms with E-state index in [4.69, 9.17) is 11.6 Å². The van der Waals surface area contributed by atoms with E-state index in [1.807, 2.05) is 38.1 Å². The number of amides is 1. The molecule has 0 aliphatic rings. The average molecular weight is 360 g/mol. The third-order valence-electron chi connectivity index (χ3n) is 4.12. The SMILES string of the molecule is CC(C)(Cc1cccc(Cl)c1)C(=O)NCC(C(=O)O)c1ccccc1. The molecule has 5 heteroatoms. The van der Waals surface area contributed by atoms with Crippen molar-refractivity contribution in [3.05, 3.63) is 70.7 Å². The van der Waals surface area contributed by atoms with Crippen LogP contribution in [0.4, 0.5) is 0 Å². The van der Waals surface area contributed by atoms with Gasteiger partial charge in [0.25, 0.3) is 0 Å². The molecular weight excluding hydrogens is 338 g/mol. The third-order valence-corrected chi connectivity index (χ3v) is 4.35. The molecule has 0 aliphatic carbocycles. The molecule has 0 aromatic heterocycles. The number of hydrogen-bond donors (Lipinski definition) is 2. The van der Waals surface area contributed by atoms with E-state index in [1.165, 1.54) is 0 Å². The lowest BCUT2D eigenvalue weighted by molar-refractivity contribution is -0.139. The quantitative estimate of drug-likeness (QED) is 0.788. The molecule has 0 saturated carbocycles. The lowest BCUT2D eigenvalue weighted by Gasteiger charge is -2.25. The molecule has 2 rings (SSSR count). The lowest BCUT2D eigenvalue weighted by atomic mass is 9.84. The predicted octanol–water partition coefficient (Wildman–Crippen LogP) is 3.89. The number of rotatable bonds is 7. The molecule has 132 valence electrons. The molecule has 0 heterocycles. The number of benzene rings is 2. The highest BCUT2D eigenvalue weighted by molar-refractivity contribution is 6.30. The molecular formula is C20H22ClNO3. The van der Waals surface area contributed by atoms with Gasteiger partial charge in [-0.05, 0) is 29.7 Å². The normalized spacial score (nSPS) is 12.4. The van der Waals surface area contributed by atoms with Crippen LogP contribution in [0.2, 0.25) is 5.02 Å². The summed E-state index contributed by atoms with van der Waals surface area (Å²) < 4.78 is 0. The Morgan fingerprint density at radius 3 is 2.40 bits per heavy atom. The van der Waals surface area contributed by atoms with Crippen molar-refractivity contribution >= 4 is 23.5 Å². The number of nitrogens with one attached hydrogen (secondary N) is 1. The van der Waals surface area contributed by atoms with Gasteiger partial charge in [-0.25, -0.2) is 0 Å². The minimum Gasteiger partial charge on any atom is -0.481 e.